The summed E-state index contributed by atoms with van der Waals surface area (Å²) in [4.78, 5) is 13.4. The fourth-order valence-electron chi connectivity index (χ4n) is 1.22. The number of nitrogens with zero attached hydrogens (tertiary/aromatic N) is 1. The molecule has 17 heavy (non-hydrogen) atoms. The molecule has 0 unspecified atom stereocenters. The molecule has 94 valence electrons. The lowest BCUT2D eigenvalue weighted by Gasteiger charge is -2.34. The van der Waals surface area contributed by atoms with E-state index < -0.39 is 17.3 Å². The summed E-state index contributed by atoms with van der Waals surface area (Å²) >= 11 is 3.13. The molecule has 5 heteroatoms. The van der Waals surface area contributed by atoms with Crippen LogP contribution in [0.25, 0.3) is 0 Å². The van der Waals surface area contributed by atoms with Crippen LogP contribution < -0.4 is 0 Å². The van der Waals surface area contributed by atoms with E-state index in [9.17, 15) is 14.3 Å². The molecule has 0 aliphatic carbocycles. The fraction of sp³-hybridized carbons (Fsp3) is 0.417. The summed E-state index contributed by atoms with van der Waals surface area (Å²) in [7, 11) is 1.54. The highest BCUT2D eigenvalue weighted by molar-refractivity contribution is 9.10. The maximum Gasteiger partial charge on any atom is 0.257 e. The van der Waals surface area contributed by atoms with Crippen LogP contribution >= 0.6 is 15.9 Å². The number of amides is 1. The minimum Gasteiger partial charge on any atom is -0.394 e. The summed E-state index contributed by atoms with van der Waals surface area (Å²) in [6.07, 6.45) is 0. The number of halogens is 2. The highest BCUT2D eigenvalue weighted by atomic mass is 79.9. The summed E-state index contributed by atoms with van der Waals surface area (Å²) in [5.41, 5.74) is -0.728. The standard InChI is InChI=1S/C12H15BrFNO2/c1-12(2,7-16)15(3)11(17)9-5-4-8(13)6-10(9)14/h4-6,16H,7H2,1-3H3. The highest BCUT2D eigenvalue weighted by Crippen LogP contribution is 2.20. The van der Waals surface area contributed by atoms with Crippen LogP contribution in [-0.2, 0) is 0 Å². The Morgan fingerprint density at radius 3 is 2.59 bits per heavy atom. The predicted molar refractivity (Wildman–Crippen MR) is 67.4 cm³/mol. The van der Waals surface area contributed by atoms with E-state index in [-0.39, 0.29) is 12.2 Å². The van der Waals surface area contributed by atoms with Crippen LogP contribution in [0.3, 0.4) is 0 Å². The maximum atomic E-state index is 13.6. The van der Waals surface area contributed by atoms with Crippen LogP contribution in [0, 0.1) is 5.82 Å². The Hall–Kier alpha value is -0.940. The van der Waals surface area contributed by atoms with Crippen LogP contribution in [0.2, 0.25) is 0 Å². The van der Waals surface area contributed by atoms with Gasteiger partial charge in [-0.2, -0.15) is 0 Å². The molecule has 0 fully saturated rings. The molecule has 0 saturated carbocycles. The summed E-state index contributed by atoms with van der Waals surface area (Å²) in [6, 6.07) is 4.27. The number of hydrogen-bond donors (Lipinski definition) is 1. The zero-order valence-corrected chi connectivity index (χ0v) is 11.6. The lowest BCUT2D eigenvalue weighted by Crippen LogP contribution is -2.47. The molecule has 1 aromatic rings. The van der Waals surface area contributed by atoms with Crippen LogP contribution in [0.1, 0.15) is 24.2 Å². The van der Waals surface area contributed by atoms with Gasteiger partial charge in [0.15, 0.2) is 0 Å². The smallest absolute Gasteiger partial charge is 0.257 e. The van der Waals surface area contributed by atoms with Gasteiger partial charge in [-0.3, -0.25) is 4.79 Å². The molecule has 1 aromatic carbocycles. The number of hydrogen-bond acceptors (Lipinski definition) is 2. The van der Waals surface area contributed by atoms with E-state index in [4.69, 9.17) is 0 Å². The van der Waals surface area contributed by atoms with Gasteiger partial charge in [0, 0.05) is 11.5 Å². The minimum atomic E-state index is -0.726. The largest absolute Gasteiger partial charge is 0.394 e. The molecule has 1 rings (SSSR count). The number of likely N-dealkylation sites (N-methyl/N-ethyl adjacent to an activating group) is 1. The Kier molecular flexibility index (Phi) is 4.27. The molecule has 0 radical (unpaired) electrons. The maximum absolute atomic E-state index is 13.6. The monoisotopic (exact) mass is 303 g/mol. The van der Waals surface area contributed by atoms with Crippen molar-refractivity contribution in [1.29, 1.82) is 0 Å². The zero-order valence-electron chi connectivity index (χ0n) is 10.00. The van der Waals surface area contributed by atoms with Gasteiger partial charge in [-0.05, 0) is 32.0 Å². The molecule has 3 nitrogen and oxygen atoms in total. The lowest BCUT2D eigenvalue weighted by molar-refractivity contribution is 0.0469. The number of carbonyl (C=O) groups excluding carboxylic acids is 1. The molecule has 0 heterocycles. The summed E-state index contributed by atoms with van der Waals surface area (Å²) in [6.45, 7) is 3.23. The molecule has 1 amide bonds. The summed E-state index contributed by atoms with van der Waals surface area (Å²) in [5.74, 6) is -1.03. The summed E-state index contributed by atoms with van der Waals surface area (Å²) < 4.78 is 14.2. The van der Waals surface area contributed by atoms with E-state index in [1.165, 1.54) is 17.0 Å². The molecule has 0 atom stereocenters. The van der Waals surface area contributed by atoms with Gasteiger partial charge in [-0.1, -0.05) is 15.9 Å². The van der Waals surface area contributed by atoms with Crippen molar-refractivity contribution < 1.29 is 14.3 Å². The van der Waals surface area contributed by atoms with Gasteiger partial charge in [0.1, 0.15) is 5.82 Å². The molecular weight excluding hydrogens is 289 g/mol. The topological polar surface area (TPSA) is 40.5 Å². The third-order valence-electron chi connectivity index (χ3n) is 2.76. The van der Waals surface area contributed by atoms with Crippen molar-refractivity contribution in [2.24, 2.45) is 0 Å². The Bertz CT molecular complexity index is 435. The zero-order chi connectivity index (χ0) is 13.2. The third-order valence-corrected chi connectivity index (χ3v) is 3.25. The molecule has 0 saturated heterocycles. The molecule has 0 aliphatic rings. The van der Waals surface area contributed by atoms with Gasteiger partial charge in [0.05, 0.1) is 17.7 Å². The highest BCUT2D eigenvalue weighted by Gasteiger charge is 2.28. The summed E-state index contributed by atoms with van der Waals surface area (Å²) in [5, 5.41) is 9.18. The van der Waals surface area contributed by atoms with E-state index in [1.807, 2.05) is 0 Å². The first kappa shape index (κ1) is 14.1. The van der Waals surface area contributed by atoms with Crippen molar-refractivity contribution in [1.82, 2.24) is 4.90 Å². The number of rotatable bonds is 3. The molecule has 0 aliphatic heterocycles. The van der Waals surface area contributed by atoms with Crippen molar-refractivity contribution in [3.8, 4) is 0 Å². The Morgan fingerprint density at radius 1 is 1.53 bits per heavy atom. The Labute approximate surface area is 108 Å². The van der Waals surface area contributed by atoms with Crippen molar-refractivity contribution >= 4 is 21.8 Å². The molecule has 0 spiro atoms. The Balaban J connectivity index is 3.05. The third kappa shape index (κ3) is 3.04. The second-order valence-electron chi connectivity index (χ2n) is 4.46. The number of carbonyl (C=O) groups is 1. The molecule has 0 aromatic heterocycles. The first-order valence-electron chi connectivity index (χ1n) is 5.13. The van der Waals surface area contributed by atoms with Crippen molar-refractivity contribution in [3.63, 3.8) is 0 Å². The number of aliphatic hydroxyl groups is 1. The van der Waals surface area contributed by atoms with E-state index >= 15 is 0 Å². The average molecular weight is 304 g/mol. The van der Waals surface area contributed by atoms with Gasteiger partial charge >= 0.3 is 0 Å². The number of benzene rings is 1. The van der Waals surface area contributed by atoms with Crippen LogP contribution in [-0.4, -0.2) is 35.1 Å². The first-order valence-corrected chi connectivity index (χ1v) is 5.93. The van der Waals surface area contributed by atoms with Crippen molar-refractivity contribution in [2.45, 2.75) is 19.4 Å². The van der Waals surface area contributed by atoms with Crippen LogP contribution in [0.5, 0.6) is 0 Å². The second-order valence-corrected chi connectivity index (χ2v) is 5.37. The van der Waals surface area contributed by atoms with E-state index in [0.29, 0.717) is 4.47 Å². The minimum absolute atomic E-state index is 0.00257. The first-order chi connectivity index (χ1) is 7.79. The lowest BCUT2D eigenvalue weighted by atomic mass is 10.0. The van der Waals surface area contributed by atoms with Gasteiger partial charge in [0.25, 0.3) is 5.91 Å². The van der Waals surface area contributed by atoms with Gasteiger partial charge in [-0.25, -0.2) is 4.39 Å². The molecule has 0 bridgehead atoms. The van der Waals surface area contributed by atoms with Crippen LogP contribution in [0.15, 0.2) is 22.7 Å². The molecular formula is C12H15BrFNO2. The van der Waals surface area contributed by atoms with E-state index in [0.717, 1.165) is 0 Å². The normalized spacial score (nSPS) is 11.4. The average Bonchev–Trinajstić information content (AvgIpc) is 2.27. The fourth-order valence-corrected chi connectivity index (χ4v) is 1.56. The van der Waals surface area contributed by atoms with E-state index in [2.05, 4.69) is 15.9 Å². The van der Waals surface area contributed by atoms with Crippen LogP contribution in [0.4, 0.5) is 4.39 Å². The van der Waals surface area contributed by atoms with E-state index in [1.54, 1.807) is 27.0 Å². The van der Waals surface area contributed by atoms with Crippen molar-refractivity contribution in [2.75, 3.05) is 13.7 Å². The van der Waals surface area contributed by atoms with Gasteiger partial charge < -0.3 is 10.0 Å². The Morgan fingerprint density at radius 2 is 2.12 bits per heavy atom. The van der Waals surface area contributed by atoms with Gasteiger partial charge in [0.2, 0.25) is 0 Å². The second kappa shape index (κ2) is 5.14. The van der Waals surface area contributed by atoms with Gasteiger partial charge in [-0.15, -0.1) is 0 Å². The SMILES string of the molecule is CN(C(=O)c1ccc(Br)cc1F)C(C)(C)CO. The van der Waals surface area contributed by atoms with Crippen molar-refractivity contribution in [3.05, 3.63) is 34.1 Å². The number of aliphatic hydroxyl groups excluding tert-OH is 1. The quantitative estimate of drug-likeness (QED) is 0.932. The predicted octanol–water partition coefficient (Wildman–Crippen LogP) is 2.43. The molecule has 1 N–H and O–H groups in total.